The molecule has 2 heterocycles. The Labute approximate surface area is 189 Å². The maximum absolute atomic E-state index is 11.3. The van der Waals surface area contributed by atoms with Crippen LogP contribution in [0.5, 0.6) is 11.5 Å². The second kappa shape index (κ2) is 6.73. The zero-order valence-corrected chi connectivity index (χ0v) is 17.9. The van der Waals surface area contributed by atoms with Crippen molar-refractivity contribution in [3.8, 4) is 11.5 Å². The van der Waals surface area contributed by atoms with Gasteiger partial charge in [0.05, 0.1) is 32.3 Å². The second-order valence-electron chi connectivity index (χ2n) is 8.93. The number of phenolic OH excluding ortho intramolecular Hbond substituents is 2. The van der Waals surface area contributed by atoms with Crippen LogP contribution in [-0.2, 0) is 6.54 Å². The van der Waals surface area contributed by atoms with Gasteiger partial charge in [0, 0.05) is 43.1 Å². The number of rotatable bonds is 2. The molecule has 6 rings (SSSR count). The summed E-state index contributed by atoms with van der Waals surface area (Å²) in [6.45, 7) is 2.33. The van der Waals surface area contributed by atoms with E-state index in [0.717, 1.165) is 19.5 Å². The molecule has 0 aromatic heterocycles. The molecule has 1 saturated heterocycles. The molecule has 8 heteroatoms. The third-order valence-electron chi connectivity index (χ3n) is 6.73. The SMILES string of the molecule is Nc1ccc(N)c2c(O)c3c4c(cc(N)c3c(O)c12)=NC1(CCN(Cc2ccccc2)C1)N=4. The molecule has 0 saturated carbocycles. The van der Waals surface area contributed by atoms with Gasteiger partial charge in [-0.25, -0.2) is 0 Å². The second-order valence-corrected chi connectivity index (χ2v) is 8.93. The quantitative estimate of drug-likeness (QED) is 0.183. The highest BCUT2D eigenvalue weighted by Gasteiger charge is 2.40. The van der Waals surface area contributed by atoms with Gasteiger partial charge >= 0.3 is 0 Å². The van der Waals surface area contributed by atoms with Gasteiger partial charge in [-0.05, 0) is 23.8 Å². The molecule has 1 unspecified atom stereocenters. The van der Waals surface area contributed by atoms with Gasteiger partial charge in [-0.1, -0.05) is 30.3 Å². The third kappa shape index (κ3) is 2.81. The summed E-state index contributed by atoms with van der Waals surface area (Å²) >= 11 is 0. The topological polar surface area (TPSA) is 146 Å². The summed E-state index contributed by atoms with van der Waals surface area (Å²) in [7, 11) is 0. The molecule has 8 N–H and O–H groups in total. The van der Waals surface area contributed by atoms with Crippen molar-refractivity contribution in [2.24, 2.45) is 9.98 Å². The highest BCUT2D eigenvalue weighted by atomic mass is 16.3. The summed E-state index contributed by atoms with van der Waals surface area (Å²) in [5, 5.41) is 24.8. The molecule has 166 valence electrons. The highest BCUT2D eigenvalue weighted by Crippen LogP contribution is 2.46. The number of nitrogens with two attached hydrogens (primary N) is 3. The number of fused-ring (bicyclic) bond motifs is 4. The first kappa shape index (κ1) is 19.6. The van der Waals surface area contributed by atoms with E-state index >= 15 is 0 Å². The van der Waals surface area contributed by atoms with Gasteiger partial charge in [0.2, 0.25) is 0 Å². The number of hydrogen-bond donors (Lipinski definition) is 5. The van der Waals surface area contributed by atoms with Gasteiger partial charge in [0.15, 0.2) is 5.66 Å². The van der Waals surface area contributed by atoms with Gasteiger partial charge in [-0.3, -0.25) is 14.9 Å². The van der Waals surface area contributed by atoms with Gasteiger partial charge in [-0.15, -0.1) is 0 Å². The number of hydrogen-bond acceptors (Lipinski definition) is 8. The van der Waals surface area contributed by atoms with Crippen molar-refractivity contribution in [1.82, 2.24) is 4.90 Å². The predicted octanol–water partition coefficient (Wildman–Crippen LogP) is 2.01. The average molecular weight is 441 g/mol. The van der Waals surface area contributed by atoms with Crippen molar-refractivity contribution < 1.29 is 10.2 Å². The maximum atomic E-state index is 11.3. The number of aromatic hydroxyl groups is 2. The molecule has 1 atom stereocenters. The van der Waals surface area contributed by atoms with Crippen LogP contribution in [0, 0.1) is 0 Å². The number of phenols is 2. The van der Waals surface area contributed by atoms with Crippen LogP contribution in [0.3, 0.4) is 0 Å². The fourth-order valence-corrected chi connectivity index (χ4v) is 5.23. The van der Waals surface area contributed by atoms with E-state index in [1.54, 1.807) is 18.2 Å². The minimum atomic E-state index is -0.643. The molecule has 8 nitrogen and oxygen atoms in total. The van der Waals surface area contributed by atoms with Crippen molar-refractivity contribution in [2.45, 2.75) is 18.6 Å². The first-order valence-corrected chi connectivity index (χ1v) is 10.9. The van der Waals surface area contributed by atoms with Gasteiger partial charge in [0.1, 0.15) is 11.5 Å². The van der Waals surface area contributed by atoms with E-state index in [1.807, 2.05) is 18.2 Å². The molecule has 1 fully saturated rings. The van der Waals surface area contributed by atoms with Crippen LogP contribution in [0.25, 0.3) is 21.5 Å². The molecule has 2 aliphatic rings. The first-order chi connectivity index (χ1) is 15.9. The van der Waals surface area contributed by atoms with E-state index in [1.165, 1.54) is 5.56 Å². The summed E-state index contributed by atoms with van der Waals surface area (Å²) in [5.74, 6) is -0.211. The zero-order chi connectivity index (χ0) is 22.9. The smallest absolute Gasteiger partial charge is 0.165 e. The number of nitrogens with zero attached hydrogens (tertiary/aromatic N) is 3. The minimum Gasteiger partial charge on any atom is -0.506 e. The molecule has 4 aromatic carbocycles. The Hall–Kier alpha value is -4.04. The fourth-order valence-electron chi connectivity index (χ4n) is 5.23. The molecule has 4 aromatic rings. The lowest BCUT2D eigenvalue weighted by Crippen LogP contribution is -2.29. The first-order valence-electron chi connectivity index (χ1n) is 10.9. The van der Waals surface area contributed by atoms with Gasteiger partial charge < -0.3 is 27.4 Å². The summed E-state index contributed by atoms with van der Waals surface area (Å²) in [4.78, 5) is 12.3. The van der Waals surface area contributed by atoms with Gasteiger partial charge in [0.25, 0.3) is 0 Å². The van der Waals surface area contributed by atoms with Crippen LogP contribution >= 0.6 is 0 Å². The minimum absolute atomic E-state index is 0.0960. The lowest BCUT2D eigenvalue weighted by molar-refractivity contribution is 0.306. The monoisotopic (exact) mass is 440 g/mol. The number of anilines is 3. The molecule has 0 amide bonds. The van der Waals surface area contributed by atoms with E-state index < -0.39 is 5.66 Å². The average Bonchev–Trinajstić information content (AvgIpc) is 3.35. The number of likely N-dealkylation sites (tertiary alicyclic amines) is 1. The van der Waals surface area contributed by atoms with Crippen LogP contribution < -0.4 is 27.9 Å². The van der Waals surface area contributed by atoms with E-state index in [2.05, 4.69) is 17.0 Å². The molecular weight excluding hydrogens is 416 g/mol. The lowest BCUT2D eigenvalue weighted by Gasteiger charge is -2.19. The Morgan fingerprint density at radius 2 is 1.45 bits per heavy atom. The standard InChI is InChI=1S/C25H24N6O2/c26-14-6-7-15(27)19-18(14)23(32)20-16(28)10-17-22(21(20)24(19)33)30-25(29-17)8-9-31(12-25)11-13-4-2-1-3-5-13/h1-7,10,32-33H,8-9,11-12,26-28H2. The van der Waals surface area contributed by atoms with Crippen molar-refractivity contribution in [3.63, 3.8) is 0 Å². The van der Waals surface area contributed by atoms with E-state index in [0.29, 0.717) is 50.5 Å². The molecule has 1 spiro atoms. The molecule has 33 heavy (non-hydrogen) atoms. The third-order valence-corrected chi connectivity index (χ3v) is 6.73. The van der Waals surface area contributed by atoms with Crippen LogP contribution in [0.4, 0.5) is 17.1 Å². The largest absolute Gasteiger partial charge is 0.506 e. The summed E-state index contributed by atoms with van der Waals surface area (Å²) in [6.07, 6.45) is 0.755. The molecule has 2 aliphatic heterocycles. The Morgan fingerprint density at radius 1 is 0.818 bits per heavy atom. The van der Waals surface area contributed by atoms with E-state index in [-0.39, 0.29) is 16.9 Å². The van der Waals surface area contributed by atoms with Crippen LogP contribution in [0.15, 0.2) is 58.5 Å². The molecule has 0 bridgehead atoms. The Kier molecular flexibility index (Phi) is 4.00. The normalized spacial score (nSPS) is 19.8. The van der Waals surface area contributed by atoms with Crippen molar-refractivity contribution >= 4 is 38.6 Å². The zero-order valence-electron chi connectivity index (χ0n) is 17.9. The Balaban J connectivity index is 1.55. The van der Waals surface area contributed by atoms with Crippen LogP contribution in [0.1, 0.15) is 12.0 Å². The molecule has 0 aliphatic carbocycles. The van der Waals surface area contributed by atoms with Crippen molar-refractivity contribution in [1.29, 1.82) is 0 Å². The summed E-state index contributed by atoms with van der Waals surface area (Å²) in [5.41, 5.74) is 20.1. The lowest BCUT2D eigenvalue weighted by atomic mass is 9.96. The molecular formula is C25H24N6O2. The van der Waals surface area contributed by atoms with E-state index in [4.69, 9.17) is 27.2 Å². The van der Waals surface area contributed by atoms with Gasteiger partial charge in [-0.2, -0.15) is 0 Å². The predicted molar refractivity (Wildman–Crippen MR) is 129 cm³/mol. The fraction of sp³-hybridized carbons (Fsp3) is 0.200. The number of nitrogen functional groups attached to an aromatic ring is 3. The summed E-state index contributed by atoms with van der Waals surface area (Å²) < 4.78 is 0. The molecule has 0 radical (unpaired) electrons. The van der Waals surface area contributed by atoms with Crippen LogP contribution in [0.2, 0.25) is 0 Å². The number of benzene rings is 4. The van der Waals surface area contributed by atoms with Crippen LogP contribution in [-0.4, -0.2) is 33.9 Å². The highest BCUT2D eigenvalue weighted by molar-refractivity contribution is 6.20. The van der Waals surface area contributed by atoms with Crippen molar-refractivity contribution in [2.75, 3.05) is 30.3 Å². The summed E-state index contributed by atoms with van der Waals surface area (Å²) in [6, 6.07) is 15.2. The maximum Gasteiger partial charge on any atom is 0.165 e. The Morgan fingerprint density at radius 3 is 2.15 bits per heavy atom. The Bertz CT molecular complexity index is 1580. The van der Waals surface area contributed by atoms with E-state index in [9.17, 15) is 10.2 Å². The van der Waals surface area contributed by atoms with Crippen molar-refractivity contribution in [3.05, 3.63) is 64.8 Å².